The number of nitrogens with one attached hydrogen (secondary N) is 1. The van der Waals surface area contributed by atoms with Crippen molar-refractivity contribution in [2.75, 3.05) is 6.26 Å². The number of rotatable bonds is 6. The minimum atomic E-state index is -0.00805. The zero-order valence-electron chi connectivity index (χ0n) is 10.7. The lowest BCUT2D eigenvalue weighted by molar-refractivity contribution is 0.0937. The summed E-state index contributed by atoms with van der Waals surface area (Å²) >= 11 is 1.54. The first kappa shape index (κ1) is 14.0. The molecule has 1 aromatic heterocycles. The molecule has 0 saturated carbocycles. The van der Waals surface area contributed by atoms with Gasteiger partial charge in [-0.25, -0.2) is 4.98 Å². The van der Waals surface area contributed by atoms with Crippen molar-refractivity contribution in [2.45, 2.75) is 44.2 Å². The highest BCUT2D eigenvalue weighted by atomic mass is 32.2. The lowest BCUT2D eigenvalue weighted by Crippen LogP contribution is -2.32. The van der Waals surface area contributed by atoms with E-state index in [1.54, 1.807) is 24.0 Å². The predicted molar refractivity (Wildman–Crippen MR) is 72.5 cm³/mol. The maximum absolute atomic E-state index is 11.9. The molecule has 0 fully saturated rings. The number of carbonyl (C=O) groups excluding carboxylic acids is 1. The standard InChI is InChI=1S/C13H20N2OS/c1-4-5-6-10(2)15-13(16)11-7-8-14-12(9-11)17-3/h7-10H,4-6H2,1-3H3,(H,15,16). The van der Waals surface area contributed by atoms with E-state index in [0.717, 1.165) is 24.3 Å². The van der Waals surface area contributed by atoms with Crippen LogP contribution in [0.4, 0.5) is 0 Å². The molecule has 0 saturated heterocycles. The van der Waals surface area contributed by atoms with Crippen LogP contribution in [0.25, 0.3) is 0 Å². The summed E-state index contributed by atoms with van der Waals surface area (Å²) in [6, 6.07) is 3.81. The summed E-state index contributed by atoms with van der Waals surface area (Å²) in [5.41, 5.74) is 0.688. The van der Waals surface area contributed by atoms with Crippen molar-refractivity contribution in [3.05, 3.63) is 23.9 Å². The molecular formula is C13H20N2OS. The van der Waals surface area contributed by atoms with E-state index in [1.165, 1.54) is 0 Å². The van der Waals surface area contributed by atoms with Gasteiger partial charge < -0.3 is 5.32 Å². The van der Waals surface area contributed by atoms with Crippen molar-refractivity contribution >= 4 is 17.7 Å². The fourth-order valence-electron chi connectivity index (χ4n) is 1.55. The summed E-state index contributed by atoms with van der Waals surface area (Å²) in [4.78, 5) is 16.1. The van der Waals surface area contributed by atoms with Gasteiger partial charge in [0.15, 0.2) is 0 Å². The Morgan fingerprint density at radius 3 is 3.00 bits per heavy atom. The summed E-state index contributed by atoms with van der Waals surface area (Å²) in [5.74, 6) is -0.00805. The fraction of sp³-hybridized carbons (Fsp3) is 0.538. The molecule has 0 aliphatic heterocycles. The third-order valence-corrected chi connectivity index (χ3v) is 3.22. The first-order valence-electron chi connectivity index (χ1n) is 5.98. The highest BCUT2D eigenvalue weighted by molar-refractivity contribution is 7.98. The van der Waals surface area contributed by atoms with E-state index >= 15 is 0 Å². The zero-order valence-corrected chi connectivity index (χ0v) is 11.5. The monoisotopic (exact) mass is 252 g/mol. The molecule has 1 atom stereocenters. The smallest absolute Gasteiger partial charge is 0.251 e. The largest absolute Gasteiger partial charge is 0.350 e. The zero-order chi connectivity index (χ0) is 12.7. The SMILES string of the molecule is CCCCC(C)NC(=O)c1ccnc(SC)c1. The van der Waals surface area contributed by atoms with Crippen LogP contribution >= 0.6 is 11.8 Å². The molecule has 17 heavy (non-hydrogen) atoms. The first-order valence-corrected chi connectivity index (χ1v) is 7.20. The van der Waals surface area contributed by atoms with Crippen molar-refractivity contribution in [1.82, 2.24) is 10.3 Å². The van der Waals surface area contributed by atoms with Gasteiger partial charge in [-0.3, -0.25) is 4.79 Å². The minimum Gasteiger partial charge on any atom is -0.350 e. The fourth-order valence-corrected chi connectivity index (χ4v) is 1.96. The Morgan fingerprint density at radius 2 is 2.35 bits per heavy atom. The quantitative estimate of drug-likeness (QED) is 0.791. The predicted octanol–water partition coefficient (Wildman–Crippen LogP) is 3.11. The Labute approximate surface area is 107 Å². The molecular weight excluding hydrogens is 232 g/mol. The maximum Gasteiger partial charge on any atom is 0.251 e. The van der Waals surface area contributed by atoms with Crippen LogP contribution in [-0.2, 0) is 0 Å². The van der Waals surface area contributed by atoms with Crippen LogP contribution < -0.4 is 5.32 Å². The van der Waals surface area contributed by atoms with Crippen molar-refractivity contribution in [2.24, 2.45) is 0 Å². The summed E-state index contributed by atoms with van der Waals surface area (Å²) in [7, 11) is 0. The van der Waals surface area contributed by atoms with Gasteiger partial charge in [-0.05, 0) is 31.7 Å². The van der Waals surface area contributed by atoms with Crippen LogP contribution in [0, 0.1) is 0 Å². The van der Waals surface area contributed by atoms with Gasteiger partial charge >= 0.3 is 0 Å². The van der Waals surface area contributed by atoms with Crippen LogP contribution in [0.1, 0.15) is 43.5 Å². The molecule has 3 nitrogen and oxygen atoms in total. The summed E-state index contributed by atoms with van der Waals surface area (Å²) in [5, 5.41) is 3.88. The summed E-state index contributed by atoms with van der Waals surface area (Å²) in [6.07, 6.45) is 6.97. The molecule has 1 aromatic rings. The highest BCUT2D eigenvalue weighted by Crippen LogP contribution is 2.12. The number of pyridine rings is 1. The number of hydrogen-bond donors (Lipinski definition) is 1. The molecule has 1 heterocycles. The number of thioether (sulfide) groups is 1. The van der Waals surface area contributed by atoms with Gasteiger partial charge in [0, 0.05) is 17.8 Å². The van der Waals surface area contributed by atoms with E-state index < -0.39 is 0 Å². The van der Waals surface area contributed by atoms with Gasteiger partial charge in [0.05, 0.1) is 5.03 Å². The molecule has 1 N–H and O–H groups in total. The van der Waals surface area contributed by atoms with Gasteiger partial charge in [-0.1, -0.05) is 19.8 Å². The number of nitrogens with zero attached hydrogens (tertiary/aromatic N) is 1. The second-order valence-corrected chi connectivity index (χ2v) is 4.93. The Bertz CT molecular complexity index is 368. The van der Waals surface area contributed by atoms with Gasteiger partial charge in [0.1, 0.15) is 0 Å². The summed E-state index contributed by atoms with van der Waals surface area (Å²) in [6.45, 7) is 4.20. The lowest BCUT2D eigenvalue weighted by atomic mass is 10.1. The van der Waals surface area contributed by atoms with Crippen LogP contribution in [0.5, 0.6) is 0 Å². The van der Waals surface area contributed by atoms with Crippen molar-refractivity contribution in [3.63, 3.8) is 0 Å². The van der Waals surface area contributed by atoms with Crippen LogP contribution in [-0.4, -0.2) is 23.2 Å². The molecule has 1 amide bonds. The third-order valence-electron chi connectivity index (χ3n) is 2.57. The van der Waals surface area contributed by atoms with Crippen LogP contribution in [0.15, 0.2) is 23.4 Å². The average Bonchev–Trinajstić information content (AvgIpc) is 2.36. The molecule has 94 valence electrons. The molecule has 4 heteroatoms. The van der Waals surface area contributed by atoms with E-state index in [-0.39, 0.29) is 11.9 Å². The Kier molecular flexibility index (Phi) is 6.05. The normalized spacial score (nSPS) is 12.2. The Balaban J connectivity index is 2.56. The van der Waals surface area contributed by atoms with Gasteiger partial charge in [-0.2, -0.15) is 0 Å². The van der Waals surface area contributed by atoms with Crippen LogP contribution in [0.2, 0.25) is 0 Å². The topological polar surface area (TPSA) is 42.0 Å². The van der Waals surface area contributed by atoms with E-state index in [2.05, 4.69) is 17.2 Å². The second-order valence-electron chi connectivity index (χ2n) is 4.10. The van der Waals surface area contributed by atoms with Gasteiger partial charge in [-0.15, -0.1) is 11.8 Å². The molecule has 0 radical (unpaired) electrons. The highest BCUT2D eigenvalue weighted by Gasteiger charge is 2.09. The number of unbranched alkanes of at least 4 members (excludes halogenated alkanes) is 1. The molecule has 0 aliphatic carbocycles. The Morgan fingerprint density at radius 1 is 1.59 bits per heavy atom. The second kappa shape index (κ2) is 7.33. The van der Waals surface area contributed by atoms with E-state index in [0.29, 0.717) is 5.56 Å². The number of amides is 1. The molecule has 0 aromatic carbocycles. The van der Waals surface area contributed by atoms with E-state index in [4.69, 9.17) is 0 Å². The van der Waals surface area contributed by atoms with Crippen molar-refractivity contribution in [3.8, 4) is 0 Å². The van der Waals surface area contributed by atoms with E-state index in [1.807, 2.05) is 19.2 Å². The minimum absolute atomic E-state index is 0.00805. The third kappa shape index (κ3) is 4.77. The number of hydrogen-bond acceptors (Lipinski definition) is 3. The van der Waals surface area contributed by atoms with Crippen molar-refractivity contribution < 1.29 is 4.79 Å². The molecule has 1 rings (SSSR count). The van der Waals surface area contributed by atoms with Gasteiger partial charge in [0.25, 0.3) is 5.91 Å². The molecule has 1 unspecified atom stereocenters. The van der Waals surface area contributed by atoms with Crippen molar-refractivity contribution in [1.29, 1.82) is 0 Å². The lowest BCUT2D eigenvalue weighted by Gasteiger charge is -2.13. The Hall–Kier alpha value is -1.03. The molecule has 0 aliphatic rings. The van der Waals surface area contributed by atoms with Gasteiger partial charge in [0.2, 0.25) is 0 Å². The molecule has 0 spiro atoms. The molecule has 0 bridgehead atoms. The average molecular weight is 252 g/mol. The number of aromatic nitrogens is 1. The van der Waals surface area contributed by atoms with Crippen LogP contribution in [0.3, 0.4) is 0 Å². The summed E-state index contributed by atoms with van der Waals surface area (Å²) < 4.78 is 0. The van der Waals surface area contributed by atoms with E-state index in [9.17, 15) is 4.79 Å². The number of carbonyl (C=O) groups is 1. The first-order chi connectivity index (χ1) is 8.17. The maximum atomic E-state index is 11.9.